The van der Waals surface area contributed by atoms with E-state index in [1.165, 1.54) is 0 Å². The van der Waals surface area contributed by atoms with Crippen LogP contribution in [0.15, 0.2) is 17.1 Å². The predicted octanol–water partition coefficient (Wildman–Crippen LogP) is 1.45. The number of nitrogens with zero attached hydrogens (tertiary/aromatic N) is 2. The summed E-state index contributed by atoms with van der Waals surface area (Å²) >= 11 is 0. The molecule has 0 aliphatic carbocycles. The Hall–Kier alpha value is -1.92. The minimum atomic E-state index is -4.47. The molecular formula is C15H20F2N3O8P. The van der Waals surface area contributed by atoms with Gasteiger partial charge in [-0.3, -0.25) is 18.4 Å². The molecule has 3 heterocycles. The van der Waals surface area contributed by atoms with E-state index in [0.717, 1.165) is 12.3 Å². The van der Waals surface area contributed by atoms with Crippen molar-refractivity contribution in [1.82, 2.24) is 9.55 Å². The zero-order valence-electron chi connectivity index (χ0n) is 15.7. The van der Waals surface area contributed by atoms with Crippen LogP contribution in [0.5, 0.6) is 0 Å². The normalized spacial score (nSPS) is 31.3. The number of nitrogens with two attached hydrogens (primary N) is 1. The minimum absolute atomic E-state index is 0.146. The third-order valence-corrected chi connectivity index (χ3v) is 5.48. The molecule has 4 atom stereocenters. The molecule has 2 saturated heterocycles. The van der Waals surface area contributed by atoms with E-state index in [2.05, 4.69) is 4.98 Å². The van der Waals surface area contributed by atoms with Crippen LogP contribution in [-0.2, 0) is 32.4 Å². The van der Waals surface area contributed by atoms with Gasteiger partial charge in [0, 0.05) is 6.20 Å². The van der Waals surface area contributed by atoms with Gasteiger partial charge in [0.05, 0.1) is 12.0 Å². The van der Waals surface area contributed by atoms with E-state index < -0.39 is 62.7 Å². The highest BCUT2D eigenvalue weighted by Crippen LogP contribution is 2.59. The number of nitrogen functional groups attached to an aromatic ring is 1. The Morgan fingerprint density at radius 3 is 2.79 bits per heavy atom. The van der Waals surface area contributed by atoms with Crippen molar-refractivity contribution in [3.8, 4) is 0 Å². The van der Waals surface area contributed by atoms with Gasteiger partial charge in [-0.05, 0) is 26.8 Å². The number of ether oxygens (including phenoxy) is 2. The number of hydrogen-bond donors (Lipinski definition) is 1. The molecule has 0 amide bonds. The number of fused-ring (bicyclic) bond motifs is 1. The Morgan fingerprint density at radius 2 is 2.17 bits per heavy atom. The second-order valence-corrected chi connectivity index (χ2v) is 9.06. The molecule has 0 saturated carbocycles. The Bertz CT molecular complexity index is 902. The summed E-state index contributed by atoms with van der Waals surface area (Å²) in [6.07, 6.45) is -4.44. The Balaban J connectivity index is 1.71. The van der Waals surface area contributed by atoms with E-state index in [1.807, 2.05) is 0 Å². The smallest absolute Gasteiger partial charge is 0.437 e. The number of rotatable bonds is 4. The maximum atomic E-state index is 14.9. The monoisotopic (exact) mass is 439 g/mol. The summed E-state index contributed by atoms with van der Waals surface area (Å²) in [5, 5.41) is 0. The van der Waals surface area contributed by atoms with Crippen molar-refractivity contribution in [2.45, 2.75) is 45.1 Å². The van der Waals surface area contributed by atoms with Gasteiger partial charge < -0.3 is 15.2 Å². The molecule has 3 rings (SSSR count). The highest BCUT2D eigenvalue weighted by molar-refractivity contribution is 7.48. The molecular weight excluding hydrogens is 419 g/mol. The molecule has 162 valence electrons. The largest absolute Gasteiger partial charge is 0.478 e. The highest BCUT2D eigenvalue weighted by atomic mass is 31.2. The summed E-state index contributed by atoms with van der Waals surface area (Å²) < 4.78 is 67.4. The van der Waals surface area contributed by atoms with Gasteiger partial charge in [0.25, 0.3) is 0 Å². The third-order valence-electron chi connectivity index (χ3n) is 4.11. The number of phosphoric acid groups is 1. The molecule has 14 heteroatoms. The van der Waals surface area contributed by atoms with Crippen molar-refractivity contribution in [3.05, 3.63) is 22.7 Å². The van der Waals surface area contributed by atoms with Gasteiger partial charge in [0.15, 0.2) is 6.10 Å². The molecule has 2 aliphatic heterocycles. The molecule has 1 unspecified atom stereocenters. The zero-order chi connectivity index (χ0) is 21.6. The molecule has 2 N–H and O–H groups in total. The fraction of sp³-hybridized carbons (Fsp3) is 0.667. The first-order chi connectivity index (χ1) is 13.3. The predicted molar refractivity (Wildman–Crippen MR) is 91.7 cm³/mol. The van der Waals surface area contributed by atoms with Crippen LogP contribution >= 0.6 is 7.82 Å². The summed E-state index contributed by atoms with van der Waals surface area (Å²) in [5.41, 5.74) is 3.45. The van der Waals surface area contributed by atoms with E-state index in [4.69, 9.17) is 28.8 Å². The molecule has 1 aromatic heterocycles. The maximum absolute atomic E-state index is 14.9. The van der Waals surface area contributed by atoms with Gasteiger partial charge in [-0.1, -0.05) is 0 Å². The van der Waals surface area contributed by atoms with E-state index in [9.17, 15) is 22.9 Å². The lowest BCUT2D eigenvalue weighted by Gasteiger charge is -2.31. The number of anilines is 1. The first kappa shape index (κ1) is 21.8. The van der Waals surface area contributed by atoms with Crippen LogP contribution in [0.25, 0.3) is 0 Å². The topological polar surface area (TPSA) is 141 Å². The number of phosphoric ester groups is 1. The summed E-state index contributed by atoms with van der Waals surface area (Å²) in [6, 6.07) is 1.15. The average Bonchev–Trinajstić information content (AvgIpc) is 2.84. The number of hydrogen-bond acceptors (Lipinski definition) is 10. The van der Waals surface area contributed by atoms with Crippen molar-refractivity contribution in [3.63, 3.8) is 0 Å². The van der Waals surface area contributed by atoms with Crippen molar-refractivity contribution < 1.29 is 41.2 Å². The fourth-order valence-corrected chi connectivity index (χ4v) is 3.86. The van der Waals surface area contributed by atoms with E-state index in [1.54, 1.807) is 20.8 Å². The van der Waals surface area contributed by atoms with Gasteiger partial charge >= 0.3 is 25.4 Å². The lowest BCUT2D eigenvalue weighted by Crippen LogP contribution is -2.45. The summed E-state index contributed by atoms with van der Waals surface area (Å²) in [7, 11) is -4.47. The number of carbonyl (C=O) groups excluding carboxylic acids is 1. The van der Waals surface area contributed by atoms with Gasteiger partial charge in [-0.25, -0.2) is 13.9 Å². The van der Waals surface area contributed by atoms with E-state index >= 15 is 0 Å². The van der Waals surface area contributed by atoms with Crippen LogP contribution in [0.1, 0.15) is 27.0 Å². The van der Waals surface area contributed by atoms with Crippen LogP contribution in [0.2, 0.25) is 0 Å². The average molecular weight is 439 g/mol. The summed E-state index contributed by atoms with van der Waals surface area (Å²) in [4.78, 5) is 27.0. The van der Waals surface area contributed by atoms with Crippen LogP contribution in [0, 0.1) is 5.41 Å². The lowest BCUT2D eigenvalue weighted by molar-refractivity contribution is -0.163. The molecule has 1 aromatic rings. The van der Waals surface area contributed by atoms with Crippen molar-refractivity contribution in [1.29, 1.82) is 0 Å². The zero-order valence-corrected chi connectivity index (χ0v) is 16.6. The SMILES string of the molecule is CC(C)(C)C(=O)OCOP1(=O)OC[C@H]2O[C@@H](n3ccc(N)nc3=O)C(F)(F)[C@@H]2O1. The first-order valence-electron chi connectivity index (χ1n) is 8.46. The molecule has 11 nitrogen and oxygen atoms in total. The minimum Gasteiger partial charge on any atom is -0.437 e. The molecule has 2 fully saturated rings. The van der Waals surface area contributed by atoms with Crippen molar-refractivity contribution in [2.24, 2.45) is 5.41 Å². The lowest BCUT2D eigenvalue weighted by atomic mass is 9.98. The summed E-state index contributed by atoms with van der Waals surface area (Å²) in [6.45, 7) is 3.38. The molecule has 0 aromatic carbocycles. The van der Waals surface area contributed by atoms with E-state index in [0.29, 0.717) is 4.57 Å². The maximum Gasteiger partial charge on any atom is 0.478 e. The van der Waals surface area contributed by atoms with Gasteiger partial charge in [-0.2, -0.15) is 13.8 Å². The number of carbonyl (C=O) groups is 1. The number of esters is 1. The molecule has 2 aliphatic rings. The second kappa shape index (κ2) is 7.40. The Kier molecular flexibility index (Phi) is 5.56. The van der Waals surface area contributed by atoms with Gasteiger partial charge in [0.2, 0.25) is 13.0 Å². The number of halogens is 2. The first-order valence-corrected chi connectivity index (χ1v) is 9.92. The number of alkyl halides is 2. The van der Waals surface area contributed by atoms with Gasteiger partial charge in [0.1, 0.15) is 11.9 Å². The molecule has 29 heavy (non-hydrogen) atoms. The van der Waals surface area contributed by atoms with Crippen LogP contribution in [0.3, 0.4) is 0 Å². The van der Waals surface area contributed by atoms with Crippen molar-refractivity contribution >= 4 is 19.6 Å². The van der Waals surface area contributed by atoms with E-state index in [-0.39, 0.29) is 5.82 Å². The van der Waals surface area contributed by atoms with Crippen LogP contribution < -0.4 is 11.4 Å². The quantitative estimate of drug-likeness (QED) is 0.416. The molecule has 0 spiro atoms. The fourth-order valence-electron chi connectivity index (χ4n) is 2.60. The van der Waals surface area contributed by atoms with Crippen LogP contribution in [0.4, 0.5) is 14.6 Å². The van der Waals surface area contributed by atoms with Crippen molar-refractivity contribution in [2.75, 3.05) is 19.1 Å². The molecule has 0 bridgehead atoms. The second-order valence-electron chi connectivity index (χ2n) is 7.44. The highest BCUT2D eigenvalue weighted by Gasteiger charge is 2.65. The standard InChI is InChI=1S/C15H20F2N3O8P/c1-14(2,3)12(21)24-7-26-29(23)25-6-8-10(28-29)15(16,17)11(27-8)20-5-4-9(18)19-13(20)22/h4-5,8,10-11H,6-7H2,1-3H3,(H2,18,19,22)/t8-,10-,11-,29?/m1/s1. The number of aromatic nitrogens is 2. The van der Waals surface area contributed by atoms with Gasteiger partial charge in [-0.15, -0.1) is 0 Å². The third kappa shape index (κ3) is 4.33. The van der Waals surface area contributed by atoms with Crippen LogP contribution in [-0.4, -0.2) is 47.1 Å². The Labute approximate surface area is 163 Å². The molecule has 0 radical (unpaired) electrons. The Morgan fingerprint density at radius 1 is 1.48 bits per heavy atom. The summed E-state index contributed by atoms with van der Waals surface area (Å²) in [5.74, 6) is -4.59.